The van der Waals surface area contributed by atoms with Crippen molar-refractivity contribution < 1.29 is 28.8 Å². The molecule has 5 atom stereocenters. The van der Waals surface area contributed by atoms with Crippen LogP contribution in [0.2, 0.25) is 0 Å². The van der Waals surface area contributed by atoms with Crippen LogP contribution >= 0.6 is 0 Å². The minimum atomic E-state index is -0.158. The molecule has 11 aliphatic rings. The number of carbonyl (C=O) groups excluding carboxylic acids is 6. The normalized spacial score (nSPS) is 33.0. The van der Waals surface area contributed by atoms with E-state index in [4.69, 9.17) is 0 Å². The van der Waals surface area contributed by atoms with Crippen molar-refractivity contribution in [2.75, 3.05) is 40.8 Å². The third-order valence-electron chi connectivity index (χ3n) is 22.0. The molecule has 12 heteroatoms. The molecule has 11 saturated carbocycles. The fraction of sp³-hybridized carbons (Fsp3) is 0.812. The molecule has 12 rings (SSSR count). The minimum absolute atomic E-state index is 0.0247. The number of nitrogens with one attached hydrogen (secondary N) is 3. The van der Waals surface area contributed by atoms with Crippen LogP contribution in [0.5, 0.6) is 0 Å². The first kappa shape index (κ1) is 55.4. The Kier molecular flexibility index (Phi) is 17.9. The third-order valence-corrected chi connectivity index (χ3v) is 22.0. The standard InChI is InChI=1S/C64H98N6O6/c1-68(56-33-47-24-46-16-17-55(56)54(31-46)32-47)60(74)34-57(71)65-18-10-4-7-13-43-21-44(14-8-5-11-19-66-58(72)35-61(75)69(2)63-37-48-25-49(38-63)27-50(26-48)39-63)23-45(22-43)15-9-6-12-20-67-59(73)36-62(76)70(3)64-40-51-28-52(41-64)30-53(29-51)42-64/h21-23,46-56H,4-20,24-42H2,1-3H3,(H,65,71)(H,66,72)(H,67,73). The molecule has 12 nitrogen and oxygen atoms in total. The summed E-state index contributed by atoms with van der Waals surface area (Å²) >= 11 is 0. The summed E-state index contributed by atoms with van der Waals surface area (Å²) in [4.78, 5) is 84.8. The van der Waals surface area contributed by atoms with Gasteiger partial charge in [-0.25, -0.2) is 0 Å². The maximum Gasteiger partial charge on any atom is 0.232 e. The van der Waals surface area contributed by atoms with Crippen molar-refractivity contribution in [3.8, 4) is 0 Å². The molecule has 0 aliphatic heterocycles. The molecule has 3 N–H and O–H groups in total. The van der Waals surface area contributed by atoms with Gasteiger partial charge in [0.25, 0.3) is 0 Å². The fourth-order valence-corrected chi connectivity index (χ4v) is 19.0. The third kappa shape index (κ3) is 13.4. The van der Waals surface area contributed by atoms with Crippen LogP contribution in [-0.2, 0) is 48.0 Å². The summed E-state index contributed by atoms with van der Waals surface area (Å²) in [5.41, 5.74) is 3.98. The minimum Gasteiger partial charge on any atom is -0.356 e. The number of unbranched alkanes of at least 4 members (excludes halogenated alkanes) is 6. The Bertz CT molecular complexity index is 2060. The van der Waals surface area contributed by atoms with E-state index in [2.05, 4.69) is 34.1 Å². The van der Waals surface area contributed by atoms with Crippen LogP contribution in [0.25, 0.3) is 0 Å². The number of aryl methyl sites for hydroxylation is 3. The van der Waals surface area contributed by atoms with Crippen molar-refractivity contribution in [3.63, 3.8) is 0 Å². The highest BCUT2D eigenvalue weighted by Gasteiger charge is 2.55. The van der Waals surface area contributed by atoms with Gasteiger partial charge in [0.2, 0.25) is 35.4 Å². The van der Waals surface area contributed by atoms with E-state index < -0.39 is 0 Å². The molecule has 76 heavy (non-hydrogen) atoms. The molecule has 0 spiro atoms. The maximum atomic E-state index is 13.4. The number of hydrogen-bond acceptors (Lipinski definition) is 6. The predicted octanol–water partition coefficient (Wildman–Crippen LogP) is 9.87. The summed E-state index contributed by atoms with van der Waals surface area (Å²) in [5, 5.41) is 9.15. The highest BCUT2D eigenvalue weighted by atomic mass is 16.2. The van der Waals surface area contributed by atoms with Gasteiger partial charge in [0.1, 0.15) is 19.3 Å². The van der Waals surface area contributed by atoms with Gasteiger partial charge < -0.3 is 30.7 Å². The summed E-state index contributed by atoms with van der Waals surface area (Å²) in [6, 6.07) is 7.39. The summed E-state index contributed by atoms with van der Waals surface area (Å²) in [6.45, 7) is 1.76. The van der Waals surface area contributed by atoms with E-state index in [-0.39, 0.29) is 65.8 Å². The number of benzene rings is 1. The lowest BCUT2D eigenvalue weighted by atomic mass is 9.52. The molecule has 6 amide bonds. The first-order valence-corrected chi connectivity index (χ1v) is 31.4. The van der Waals surface area contributed by atoms with Crippen LogP contribution in [-0.4, -0.2) is 108 Å². The zero-order valence-corrected chi connectivity index (χ0v) is 47.3. The Balaban J connectivity index is 0.635. The van der Waals surface area contributed by atoms with E-state index in [1.54, 1.807) is 0 Å². The zero-order chi connectivity index (χ0) is 53.0. The number of rotatable bonds is 27. The molecule has 11 fully saturated rings. The van der Waals surface area contributed by atoms with E-state index in [9.17, 15) is 28.8 Å². The lowest BCUT2D eigenvalue weighted by Crippen LogP contribution is -2.60. The monoisotopic (exact) mass is 1050 g/mol. The number of amides is 6. The van der Waals surface area contributed by atoms with Gasteiger partial charge in [0.05, 0.1) is 0 Å². The quantitative estimate of drug-likeness (QED) is 0.0591. The number of carbonyl (C=O) groups is 6. The molecule has 1 aromatic carbocycles. The molecule has 0 saturated heterocycles. The van der Waals surface area contributed by atoms with E-state index in [0.717, 1.165) is 175 Å². The van der Waals surface area contributed by atoms with Gasteiger partial charge in [-0.15, -0.1) is 0 Å². The largest absolute Gasteiger partial charge is 0.356 e. The molecule has 5 unspecified atom stereocenters. The maximum absolute atomic E-state index is 13.4. The van der Waals surface area contributed by atoms with Gasteiger partial charge in [0, 0.05) is 57.9 Å². The summed E-state index contributed by atoms with van der Waals surface area (Å²) in [7, 11) is 5.85. The Morgan fingerprint density at radius 3 is 1.17 bits per heavy atom. The second-order valence-corrected chi connectivity index (χ2v) is 27.6. The van der Waals surface area contributed by atoms with Crippen LogP contribution < -0.4 is 16.0 Å². The van der Waals surface area contributed by atoms with Crippen molar-refractivity contribution in [2.24, 2.45) is 59.2 Å². The van der Waals surface area contributed by atoms with E-state index in [1.165, 1.54) is 87.3 Å². The lowest BCUT2D eigenvalue weighted by molar-refractivity contribution is -0.150. The SMILES string of the molecule is CN(C(=O)CC(=O)NCCCCCc1cc(CCCCCNC(=O)CC(=O)N(C)C23CC4CC(CC(C4)C2)C3)cc(CCCCCNC(=O)CC(=O)N(C)C23CC4CC(CC(C4)C2)C3)c1)C1CC2CC3CCC1C(C3)C2. The van der Waals surface area contributed by atoms with Crippen LogP contribution in [0, 0.1) is 59.2 Å². The van der Waals surface area contributed by atoms with Gasteiger partial charge in [-0.3, -0.25) is 28.8 Å². The number of nitrogens with zero attached hydrogens (tertiary/aromatic N) is 3. The summed E-state index contributed by atoms with van der Waals surface area (Å²) in [6.07, 6.45) is 33.8. The van der Waals surface area contributed by atoms with Crippen molar-refractivity contribution >= 4 is 35.4 Å². The second kappa shape index (κ2) is 24.6. The molecular formula is C64H98N6O6. The predicted molar refractivity (Wildman–Crippen MR) is 298 cm³/mol. The van der Waals surface area contributed by atoms with Crippen molar-refractivity contribution in [3.05, 3.63) is 34.9 Å². The topological polar surface area (TPSA) is 148 Å². The molecule has 0 radical (unpaired) electrons. The molecular weight excluding hydrogens is 949 g/mol. The van der Waals surface area contributed by atoms with Crippen molar-refractivity contribution in [1.82, 2.24) is 30.7 Å². The number of hydrogen-bond donors (Lipinski definition) is 3. The van der Waals surface area contributed by atoms with Crippen LogP contribution in [0.4, 0.5) is 0 Å². The summed E-state index contributed by atoms with van der Waals surface area (Å²) < 4.78 is 0. The highest BCUT2D eigenvalue weighted by molar-refractivity contribution is 5.98. The van der Waals surface area contributed by atoms with Crippen molar-refractivity contribution in [2.45, 2.75) is 229 Å². The average molecular weight is 1050 g/mol. The number of fused-ring (bicyclic) bond motifs is 2. The molecule has 0 aromatic heterocycles. The lowest BCUT2D eigenvalue weighted by Gasteiger charge is -2.59. The Morgan fingerprint density at radius 1 is 0.421 bits per heavy atom. The van der Waals surface area contributed by atoms with Gasteiger partial charge in [0.15, 0.2) is 0 Å². The first-order chi connectivity index (χ1) is 36.7. The molecule has 11 bridgehead atoms. The van der Waals surface area contributed by atoms with E-state index in [0.29, 0.717) is 31.6 Å². The average Bonchev–Trinajstić information content (AvgIpc) is 3.38. The molecule has 0 heterocycles. The van der Waals surface area contributed by atoms with Crippen LogP contribution in [0.15, 0.2) is 18.2 Å². The zero-order valence-electron chi connectivity index (χ0n) is 47.3. The van der Waals surface area contributed by atoms with Gasteiger partial charge in [-0.05, 0) is 243 Å². The van der Waals surface area contributed by atoms with Gasteiger partial charge in [-0.2, -0.15) is 0 Å². The Morgan fingerprint density at radius 2 is 0.776 bits per heavy atom. The molecule has 1 aromatic rings. The molecule has 420 valence electrons. The Hall–Kier alpha value is -3.96. The summed E-state index contributed by atoms with van der Waals surface area (Å²) in [5.74, 6) is 7.00. The Labute approximate surface area is 456 Å². The fourth-order valence-electron chi connectivity index (χ4n) is 19.0. The highest BCUT2D eigenvalue weighted by Crippen LogP contribution is 2.59. The smallest absolute Gasteiger partial charge is 0.232 e. The van der Waals surface area contributed by atoms with Crippen LogP contribution in [0.3, 0.4) is 0 Å². The van der Waals surface area contributed by atoms with Gasteiger partial charge >= 0.3 is 0 Å². The van der Waals surface area contributed by atoms with E-state index in [1.807, 2.05) is 35.8 Å². The van der Waals surface area contributed by atoms with Crippen molar-refractivity contribution in [1.29, 1.82) is 0 Å². The van der Waals surface area contributed by atoms with E-state index >= 15 is 0 Å². The van der Waals surface area contributed by atoms with Crippen LogP contribution in [0.1, 0.15) is 209 Å². The first-order valence-electron chi connectivity index (χ1n) is 31.4. The van der Waals surface area contributed by atoms with Gasteiger partial charge in [-0.1, -0.05) is 43.9 Å². The second-order valence-electron chi connectivity index (χ2n) is 27.6. The molecule has 11 aliphatic carbocycles.